The second-order valence-electron chi connectivity index (χ2n) is 6.30. The first kappa shape index (κ1) is 14.2. The highest BCUT2D eigenvalue weighted by Gasteiger charge is 2.24. The van der Waals surface area contributed by atoms with Gasteiger partial charge in [-0.3, -0.25) is 4.90 Å². The van der Waals surface area contributed by atoms with E-state index in [0.717, 1.165) is 24.0 Å². The molecular weight excluding hydrogens is 258 g/mol. The molecule has 0 radical (unpaired) electrons. The summed E-state index contributed by atoms with van der Waals surface area (Å²) in [7, 11) is 0. The maximum Gasteiger partial charge on any atom is 0.0991 e. The molecule has 110 valence electrons. The fraction of sp³-hybridized carbons (Fsp3) is 0.500. The normalized spacial score (nSPS) is 23.3. The lowest BCUT2D eigenvalue weighted by atomic mass is 9.96. The van der Waals surface area contributed by atoms with Gasteiger partial charge in [-0.05, 0) is 56.9 Å². The number of fused-ring (bicyclic) bond motifs is 1. The first-order valence-corrected chi connectivity index (χ1v) is 7.95. The van der Waals surface area contributed by atoms with Crippen LogP contribution in [0.1, 0.15) is 44.2 Å². The summed E-state index contributed by atoms with van der Waals surface area (Å²) in [6, 6.07) is 9.49. The minimum Gasteiger partial charge on any atom is -0.361 e. The Morgan fingerprint density at radius 1 is 1.29 bits per heavy atom. The van der Waals surface area contributed by atoms with Crippen LogP contribution in [0.15, 0.2) is 24.4 Å². The molecule has 21 heavy (non-hydrogen) atoms. The molecule has 0 saturated carbocycles. The number of hydrogen-bond acceptors (Lipinski definition) is 2. The standard InChI is InChI=1S/C18H23N3/c1-13-4-3-5-14(2)21(13)9-8-16-12-20-18-7-6-15(11-19)10-17(16)18/h6-7,10,12-14,20H,3-5,8-9H2,1-2H3/t13-,14+. The minimum absolute atomic E-state index is 0.689. The molecule has 0 aliphatic carbocycles. The summed E-state index contributed by atoms with van der Waals surface area (Å²) in [5.74, 6) is 0. The lowest BCUT2D eigenvalue weighted by Gasteiger charge is -2.39. The third-order valence-electron chi connectivity index (χ3n) is 4.91. The van der Waals surface area contributed by atoms with E-state index in [1.54, 1.807) is 0 Å². The van der Waals surface area contributed by atoms with Gasteiger partial charge >= 0.3 is 0 Å². The van der Waals surface area contributed by atoms with Gasteiger partial charge in [0.15, 0.2) is 0 Å². The summed E-state index contributed by atoms with van der Waals surface area (Å²) in [4.78, 5) is 5.96. The number of aromatic amines is 1. The van der Waals surface area contributed by atoms with E-state index in [4.69, 9.17) is 5.26 Å². The second-order valence-corrected chi connectivity index (χ2v) is 6.30. The van der Waals surface area contributed by atoms with Crippen LogP contribution in [-0.2, 0) is 6.42 Å². The van der Waals surface area contributed by atoms with Crippen LogP contribution in [0.25, 0.3) is 10.9 Å². The number of nitrogens with one attached hydrogen (secondary N) is 1. The molecule has 1 aliphatic rings. The molecule has 1 aromatic heterocycles. The topological polar surface area (TPSA) is 42.8 Å². The third kappa shape index (κ3) is 2.82. The number of nitriles is 1. The Hall–Kier alpha value is -1.79. The van der Waals surface area contributed by atoms with E-state index >= 15 is 0 Å². The Labute approximate surface area is 126 Å². The number of nitrogens with zero attached hydrogens (tertiary/aromatic N) is 2. The van der Waals surface area contributed by atoms with E-state index in [2.05, 4.69) is 36.0 Å². The van der Waals surface area contributed by atoms with Gasteiger partial charge in [0.1, 0.15) is 0 Å². The van der Waals surface area contributed by atoms with Crippen molar-refractivity contribution in [1.29, 1.82) is 5.26 Å². The molecule has 2 aromatic rings. The van der Waals surface area contributed by atoms with Crippen LogP contribution >= 0.6 is 0 Å². The lowest BCUT2D eigenvalue weighted by molar-refractivity contribution is 0.105. The van der Waals surface area contributed by atoms with Crippen LogP contribution in [0, 0.1) is 11.3 Å². The van der Waals surface area contributed by atoms with Crippen molar-refractivity contribution < 1.29 is 0 Å². The molecular formula is C18H23N3. The van der Waals surface area contributed by atoms with Crippen LogP contribution < -0.4 is 0 Å². The lowest BCUT2D eigenvalue weighted by Crippen LogP contribution is -2.44. The van der Waals surface area contributed by atoms with Gasteiger partial charge in [0.2, 0.25) is 0 Å². The van der Waals surface area contributed by atoms with Gasteiger partial charge < -0.3 is 4.98 Å². The Bertz CT molecular complexity index is 655. The minimum atomic E-state index is 0.689. The van der Waals surface area contributed by atoms with Crippen molar-refractivity contribution in [2.24, 2.45) is 0 Å². The van der Waals surface area contributed by atoms with E-state index in [1.165, 1.54) is 30.2 Å². The number of aromatic nitrogens is 1. The summed E-state index contributed by atoms with van der Waals surface area (Å²) in [5.41, 5.74) is 3.19. The van der Waals surface area contributed by atoms with Crippen LogP contribution in [-0.4, -0.2) is 28.5 Å². The van der Waals surface area contributed by atoms with Crippen molar-refractivity contribution in [2.75, 3.05) is 6.54 Å². The Morgan fingerprint density at radius 2 is 2.05 bits per heavy atom. The summed E-state index contributed by atoms with van der Waals surface area (Å²) in [5, 5.41) is 10.3. The maximum atomic E-state index is 9.06. The molecule has 1 aliphatic heterocycles. The molecule has 3 heteroatoms. The smallest absolute Gasteiger partial charge is 0.0991 e. The second kappa shape index (κ2) is 5.91. The molecule has 0 spiro atoms. The van der Waals surface area contributed by atoms with E-state index in [-0.39, 0.29) is 0 Å². The first-order valence-electron chi connectivity index (χ1n) is 7.95. The summed E-state index contributed by atoms with van der Waals surface area (Å²) < 4.78 is 0. The SMILES string of the molecule is C[C@@H]1CCC[C@H](C)N1CCc1c[nH]c2ccc(C#N)cc12. The third-order valence-corrected chi connectivity index (χ3v) is 4.91. The van der Waals surface area contributed by atoms with Gasteiger partial charge in [-0.2, -0.15) is 5.26 Å². The summed E-state index contributed by atoms with van der Waals surface area (Å²) >= 11 is 0. The Balaban J connectivity index is 1.77. The molecule has 0 amide bonds. The number of H-pyrrole nitrogens is 1. The van der Waals surface area contributed by atoms with Crippen molar-refractivity contribution in [1.82, 2.24) is 9.88 Å². The van der Waals surface area contributed by atoms with Crippen LogP contribution in [0.2, 0.25) is 0 Å². The number of benzene rings is 1. The molecule has 1 aromatic carbocycles. The monoisotopic (exact) mass is 281 g/mol. The predicted molar refractivity (Wildman–Crippen MR) is 86.2 cm³/mol. The number of likely N-dealkylation sites (tertiary alicyclic amines) is 1. The highest BCUT2D eigenvalue weighted by Crippen LogP contribution is 2.25. The van der Waals surface area contributed by atoms with Gasteiger partial charge in [-0.15, -0.1) is 0 Å². The zero-order valence-corrected chi connectivity index (χ0v) is 12.9. The molecule has 0 bridgehead atoms. The average Bonchev–Trinajstić information content (AvgIpc) is 2.89. The van der Waals surface area contributed by atoms with Gasteiger partial charge in [-0.25, -0.2) is 0 Å². The molecule has 1 saturated heterocycles. The van der Waals surface area contributed by atoms with Gasteiger partial charge in [0, 0.05) is 35.7 Å². The fourth-order valence-electron chi connectivity index (χ4n) is 3.62. The predicted octanol–water partition coefficient (Wildman–Crippen LogP) is 3.84. The van der Waals surface area contributed by atoms with Crippen molar-refractivity contribution >= 4 is 10.9 Å². The first-order chi connectivity index (χ1) is 10.2. The van der Waals surface area contributed by atoms with Crippen molar-refractivity contribution in [2.45, 2.75) is 51.6 Å². The number of hydrogen-bond donors (Lipinski definition) is 1. The maximum absolute atomic E-state index is 9.06. The quantitative estimate of drug-likeness (QED) is 0.928. The summed E-state index contributed by atoms with van der Waals surface area (Å²) in [6.07, 6.45) is 7.14. The zero-order valence-electron chi connectivity index (χ0n) is 12.9. The van der Waals surface area contributed by atoms with Gasteiger partial charge in [-0.1, -0.05) is 6.42 Å². The molecule has 1 N–H and O–H groups in total. The van der Waals surface area contributed by atoms with Crippen molar-refractivity contribution in [3.63, 3.8) is 0 Å². The largest absolute Gasteiger partial charge is 0.361 e. The zero-order chi connectivity index (χ0) is 14.8. The highest BCUT2D eigenvalue weighted by molar-refractivity contribution is 5.84. The van der Waals surface area contributed by atoms with E-state index < -0.39 is 0 Å². The van der Waals surface area contributed by atoms with Crippen molar-refractivity contribution in [3.05, 3.63) is 35.5 Å². The Kier molecular flexibility index (Phi) is 3.98. The molecule has 3 nitrogen and oxygen atoms in total. The molecule has 2 atom stereocenters. The van der Waals surface area contributed by atoms with Crippen LogP contribution in [0.5, 0.6) is 0 Å². The van der Waals surface area contributed by atoms with E-state index in [0.29, 0.717) is 12.1 Å². The van der Waals surface area contributed by atoms with E-state index in [1.807, 2.05) is 18.2 Å². The molecule has 1 fully saturated rings. The number of piperidine rings is 1. The van der Waals surface area contributed by atoms with Crippen LogP contribution in [0.3, 0.4) is 0 Å². The average molecular weight is 281 g/mol. The van der Waals surface area contributed by atoms with Crippen LogP contribution in [0.4, 0.5) is 0 Å². The molecule has 2 heterocycles. The van der Waals surface area contributed by atoms with Gasteiger partial charge in [0.05, 0.1) is 11.6 Å². The number of rotatable bonds is 3. The summed E-state index contributed by atoms with van der Waals surface area (Å²) in [6.45, 7) is 5.80. The molecule has 3 rings (SSSR count). The van der Waals surface area contributed by atoms with Gasteiger partial charge in [0.25, 0.3) is 0 Å². The van der Waals surface area contributed by atoms with E-state index in [9.17, 15) is 0 Å². The highest BCUT2D eigenvalue weighted by atomic mass is 15.2. The van der Waals surface area contributed by atoms with Crippen molar-refractivity contribution in [3.8, 4) is 6.07 Å². The Morgan fingerprint density at radius 3 is 2.76 bits per heavy atom. The molecule has 0 unspecified atom stereocenters. The fourth-order valence-corrected chi connectivity index (χ4v) is 3.62.